The fraction of sp³-hybridized carbons (Fsp3) is 0.235. The van der Waals surface area contributed by atoms with Crippen LogP contribution >= 0.6 is 34.4 Å². The number of fused-ring (bicyclic) bond motifs is 2. The standard InChI is InChI=1S/C34H24F6N4O2S4/c1-2-3-4-5-6-19-17-20(9-12-22(19)46-34(38,39)40)24-14-16-26(48-24)28-31-29(41-49-43-31)27(30-32(28)44-50-42-30)25-15-13-23(47-25)18-7-10-21(11-8-18)45-33(35,36)37/h7-17H,2-6H2,1H3. The molecular formula is C34H24F6N4O2S4. The highest BCUT2D eigenvalue weighted by Crippen LogP contribution is 2.54. The van der Waals surface area contributed by atoms with Crippen molar-refractivity contribution in [1.29, 1.82) is 0 Å². The van der Waals surface area contributed by atoms with Crippen LogP contribution in [-0.4, -0.2) is 21.5 Å². The molecule has 258 valence electrons. The van der Waals surface area contributed by atoms with Crippen molar-refractivity contribution >= 4 is 68.2 Å². The predicted octanol–water partition coefficient (Wildman–Crippen LogP) is 13.1. The fourth-order valence-electron chi connectivity index (χ4n) is 5.69. The number of halogens is 6. The fourth-order valence-corrected chi connectivity index (χ4v) is 8.92. The summed E-state index contributed by atoms with van der Waals surface area (Å²) in [6.45, 7) is 2.08. The zero-order valence-corrected chi connectivity index (χ0v) is 29.2. The summed E-state index contributed by atoms with van der Waals surface area (Å²) < 4.78 is 104. The Morgan fingerprint density at radius 2 is 1.18 bits per heavy atom. The molecule has 1 aliphatic rings. The van der Waals surface area contributed by atoms with E-state index in [0.29, 0.717) is 34.4 Å². The second kappa shape index (κ2) is 13.9. The normalized spacial score (nSPS) is 12.8. The zero-order valence-electron chi connectivity index (χ0n) is 25.9. The van der Waals surface area contributed by atoms with Gasteiger partial charge in [-0.2, -0.15) is 17.5 Å². The van der Waals surface area contributed by atoms with Gasteiger partial charge in [0.15, 0.2) is 0 Å². The van der Waals surface area contributed by atoms with Crippen LogP contribution in [0.2, 0.25) is 0 Å². The van der Waals surface area contributed by atoms with E-state index in [-0.39, 0.29) is 11.5 Å². The molecule has 0 saturated carbocycles. The van der Waals surface area contributed by atoms with Crippen molar-refractivity contribution in [2.45, 2.75) is 51.8 Å². The van der Waals surface area contributed by atoms with E-state index in [2.05, 4.69) is 33.9 Å². The van der Waals surface area contributed by atoms with E-state index in [1.807, 2.05) is 24.3 Å². The molecule has 0 bridgehead atoms. The molecule has 50 heavy (non-hydrogen) atoms. The number of aryl methyl sites for hydroxylation is 1. The van der Waals surface area contributed by atoms with Gasteiger partial charge in [0.1, 0.15) is 33.9 Å². The van der Waals surface area contributed by atoms with Gasteiger partial charge in [0.25, 0.3) is 0 Å². The Kier molecular flexibility index (Phi) is 9.54. The Morgan fingerprint density at radius 1 is 0.620 bits per heavy atom. The minimum Gasteiger partial charge on any atom is -0.406 e. The molecule has 6 aromatic rings. The van der Waals surface area contributed by atoms with Crippen molar-refractivity contribution < 1.29 is 35.8 Å². The maximum absolute atomic E-state index is 13.2. The van der Waals surface area contributed by atoms with Crippen LogP contribution < -0.4 is 9.47 Å². The predicted molar refractivity (Wildman–Crippen MR) is 188 cm³/mol. The first-order valence-electron chi connectivity index (χ1n) is 15.3. The second-order valence-corrected chi connectivity index (χ2v) is 14.5. The number of rotatable bonds is 11. The van der Waals surface area contributed by atoms with E-state index in [9.17, 15) is 26.3 Å². The first-order valence-corrected chi connectivity index (χ1v) is 18.4. The van der Waals surface area contributed by atoms with Crippen molar-refractivity contribution in [3.05, 3.63) is 72.3 Å². The number of thiophene rings is 2. The molecule has 0 radical (unpaired) electrons. The molecule has 16 heteroatoms. The third-order valence-corrected chi connectivity index (χ3v) is 11.2. The lowest BCUT2D eigenvalue weighted by atomic mass is 10.0. The largest absolute Gasteiger partial charge is 0.573 e. The molecule has 4 heterocycles. The molecule has 0 N–H and O–H groups in total. The summed E-state index contributed by atoms with van der Waals surface area (Å²) in [6, 6.07) is 18.2. The van der Waals surface area contributed by atoms with Gasteiger partial charge in [-0.05, 0) is 96.3 Å². The highest BCUT2D eigenvalue weighted by atomic mass is 32.1. The third-order valence-electron chi connectivity index (χ3n) is 7.87. The topological polar surface area (TPSA) is 69.0 Å². The van der Waals surface area contributed by atoms with Crippen LogP contribution in [0.15, 0.2) is 75.5 Å². The minimum absolute atomic E-state index is 0.181. The lowest BCUT2D eigenvalue weighted by molar-refractivity contribution is -0.275. The maximum Gasteiger partial charge on any atom is 0.573 e. The van der Waals surface area contributed by atoms with Crippen LogP contribution in [-0.2, 0) is 17.8 Å². The van der Waals surface area contributed by atoms with Gasteiger partial charge in [0.05, 0.1) is 23.1 Å². The second-order valence-electron chi connectivity index (χ2n) is 11.3. The average molecular weight is 763 g/mol. The monoisotopic (exact) mass is 762 g/mol. The number of hydrogen-bond donors (Lipinski definition) is 0. The maximum atomic E-state index is 13.2. The molecule has 3 aromatic heterocycles. The van der Waals surface area contributed by atoms with Gasteiger partial charge in [-0.1, -0.05) is 26.2 Å². The Balaban J connectivity index is 1.23. The number of ether oxygens (including phenoxy) is 2. The van der Waals surface area contributed by atoms with E-state index in [1.165, 1.54) is 40.9 Å². The van der Waals surface area contributed by atoms with Gasteiger partial charge < -0.3 is 9.47 Å². The van der Waals surface area contributed by atoms with Crippen molar-refractivity contribution in [3.8, 4) is 53.3 Å². The van der Waals surface area contributed by atoms with Crippen molar-refractivity contribution in [1.82, 2.24) is 8.75 Å². The van der Waals surface area contributed by atoms with Crippen LogP contribution in [0.1, 0.15) is 38.2 Å². The molecular weight excluding hydrogens is 739 g/mol. The van der Waals surface area contributed by atoms with E-state index >= 15 is 0 Å². The van der Waals surface area contributed by atoms with Crippen molar-refractivity contribution in [2.24, 2.45) is 8.73 Å². The molecule has 7 rings (SSSR count). The van der Waals surface area contributed by atoms with Gasteiger partial charge in [-0.25, -0.2) is 0 Å². The van der Waals surface area contributed by atoms with Crippen LogP contribution in [0.4, 0.5) is 37.7 Å². The Labute approximate surface area is 297 Å². The molecule has 6 nitrogen and oxygen atoms in total. The van der Waals surface area contributed by atoms with Gasteiger partial charge in [0, 0.05) is 30.6 Å². The summed E-state index contributed by atoms with van der Waals surface area (Å²) in [5.74, 6) is -0.481. The van der Waals surface area contributed by atoms with Crippen LogP contribution in [0.5, 0.6) is 11.5 Å². The van der Waals surface area contributed by atoms with Crippen LogP contribution in [0.3, 0.4) is 0 Å². The number of nitrogens with zero attached hydrogens (tertiary/aromatic N) is 4. The molecule has 1 aliphatic heterocycles. The van der Waals surface area contributed by atoms with Crippen molar-refractivity contribution in [2.75, 3.05) is 0 Å². The number of benzene rings is 3. The van der Waals surface area contributed by atoms with E-state index in [4.69, 9.17) is 0 Å². The van der Waals surface area contributed by atoms with Gasteiger partial charge >= 0.3 is 12.7 Å². The van der Waals surface area contributed by atoms with Gasteiger partial charge in [-0.3, -0.25) is 0 Å². The van der Waals surface area contributed by atoms with Gasteiger partial charge in [-0.15, -0.1) is 49.0 Å². The Bertz CT molecular complexity index is 2250. The first-order chi connectivity index (χ1) is 24.0. The van der Waals surface area contributed by atoms with Crippen LogP contribution in [0, 0.1) is 0 Å². The average Bonchev–Trinajstić information content (AvgIpc) is 3.89. The SMILES string of the molecule is CCCCCCc1cc(-c2ccc(-c3c4c(c(-c5ccc(-c6ccc(OC(F)(F)F)cc6)s5)c5nsnc35)N=S=N4)s2)ccc1OC(F)(F)F. The highest BCUT2D eigenvalue weighted by molar-refractivity contribution is 7.58. The highest BCUT2D eigenvalue weighted by Gasteiger charge is 2.33. The summed E-state index contributed by atoms with van der Waals surface area (Å²) in [5.41, 5.74) is 6.12. The zero-order chi connectivity index (χ0) is 35.0. The Morgan fingerprint density at radius 3 is 1.76 bits per heavy atom. The summed E-state index contributed by atoms with van der Waals surface area (Å²) in [6.07, 6.45) is -5.39. The number of alkyl halides is 6. The van der Waals surface area contributed by atoms with Gasteiger partial charge in [0.2, 0.25) is 0 Å². The Hall–Kier alpha value is -4.12. The quantitative estimate of drug-likeness (QED) is 0.0972. The molecule has 0 fully saturated rings. The lowest BCUT2D eigenvalue weighted by Crippen LogP contribution is -2.18. The van der Waals surface area contributed by atoms with E-state index in [1.54, 1.807) is 24.3 Å². The molecule has 3 aromatic carbocycles. The third kappa shape index (κ3) is 7.33. The molecule has 0 spiro atoms. The molecule has 0 amide bonds. The summed E-state index contributed by atoms with van der Waals surface area (Å²) >= 11 is 5.04. The smallest absolute Gasteiger partial charge is 0.406 e. The molecule has 0 aliphatic carbocycles. The molecule has 0 atom stereocenters. The van der Waals surface area contributed by atoms with E-state index < -0.39 is 12.7 Å². The number of aromatic nitrogens is 2. The number of hydrogen-bond acceptors (Lipinski definition) is 9. The molecule has 0 unspecified atom stereocenters. The summed E-state index contributed by atoms with van der Waals surface area (Å²) in [4.78, 5) is 3.39. The molecule has 0 saturated heterocycles. The first kappa shape index (κ1) is 34.3. The van der Waals surface area contributed by atoms with E-state index in [0.717, 1.165) is 90.5 Å². The summed E-state index contributed by atoms with van der Waals surface area (Å²) in [7, 11) is 0. The minimum atomic E-state index is -4.78. The summed E-state index contributed by atoms with van der Waals surface area (Å²) in [5, 5.41) is 0. The van der Waals surface area contributed by atoms with Crippen LogP contribution in [0.25, 0.3) is 52.8 Å². The van der Waals surface area contributed by atoms with Crippen molar-refractivity contribution in [3.63, 3.8) is 0 Å². The lowest BCUT2D eigenvalue weighted by Gasteiger charge is -2.14. The number of unbranched alkanes of at least 4 members (excludes halogenated alkanes) is 3.